The molecule has 1 aliphatic heterocycles. The third-order valence-corrected chi connectivity index (χ3v) is 7.44. The Morgan fingerprint density at radius 3 is 2.47 bits per heavy atom. The first-order valence-electron chi connectivity index (χ1n) is 11.2. The van der Waals surface area contributed by atoms with Gasteiger partial charge in [-0.15, -0.1) is 11.3 Å². The Kier molecular flexibility index (Phi) is 6.34. The first-order chi connectivity index (χ1) is 16.5. The maximum Gasteiger partial charge on any atom is 0.261 e. The van der Waals surface area contributed by atoms with Gasteiger partial charge in [0.2, 0.25) is 0 Å². The predicted molar refractivity (Wildman–Crippen MR) is 138 cm³/mol. The number of piperazine rings is 1. The largest absolute Gasteiger partial charge is 0.353 e. The van der Waals surface area contributed by atoms with Crippen LogP contribution in [0.3, 0.4) is 0 Å². The molecule has 0 unspecified atom stereocenters. The molecule has 0 aliphatic carbocycles. The molecular weight excluding hydrogens is 468 g/mol. The highest BCUT2D eigenvalue weighted by atomic mass is 35.5. The Morgan fingerprint density at radius 1 is 1.03 bits per heavy atom. The van der Waals surface area contributed by atoms with E-state index in [4.69, 9.17) is 16.6 Å². The molecule has 7 nitrogen and oxygen atoms in total. The summed E-state index contributed by atoms with van der Waals surface area (Å²) in [5.41, 5.74) is 1.93. The summed E-state index contributed by atoms with van der Waals surface area (Å²) >= 11 is 7.39. The van der Waals surface area contributed by atoms with Crippen molar-refractivity contribution in [1.29, 1.82) is 0 Å². The highest BCUT2D eigenvalue weighted by Crippen LogP contribution is 2.36. The number of carbonyl (C=O) groups is 1. The number of hydrogen-bond acceptors (Lipinski definition) is 7. The number of carbonyl (C=O) groups excluding carboxylic acids is 1. The fraction of sp³-hybridized carbons (Fsp3) is 0.280. The van der Waals surface area contributed by atoms with E-state index in [1.807, 2.05) is 62.5 Å². The molecule has 1 saturated heterocycles. The van der Waals surface area contributed by atoms with E-state index in [1.165, 1.54) is 11.3 Å². The zero-order valence-electron chi connectivity index (χ0n) is 19.1. The van der Waals surface area contributed by atoms with Crippen LogP contribution < -0.4 is 15.1 Å². The van der Waals surface area contributed by atoms with E-state index in [1.54, 1.807) is 0 Å². The molecule has 5 rings (SSSR count). The van der Waals surface area contributed by atoms with Gasteiger partial charge in [-0.3, -0.25) is 4.79 Å². The Labute approximate surface area is 207 Å². The zero-order valence-corrected chi connectivity index (χ0v) is 20.7. The Morgan fingerprint density at radius 2 is 1.76 bits per heavy atom. The number of nitrogens with zero attached hydrogens (tertiary/aromatic N) is 5. The van der Waals surface area contributed by atoms with E-state index < -0.39 is 0 Å². The first-order valence-corrected chi connectivity index (χ1v) is 12.4. The van der Waals surface area contributed by atoms with Crippen molar-refractivity contribution in [2.45, 2.75) is 20.4 Å². The quantitative estimate of drug-likeness (QED) is 0.438. The minimum Gasteiger partial charge on any atom is -0.353 e. The topological polar surface area (TPSA) is 74.2 Å². The van der Waals surface area contributed by atoms with Crippen LogP contribution in [0, 0.1) is 13.8 Å². The van der Waals surface area contributed by atoms with Crippen LogP contribution in [-0.4, -0.2) is 47.0 Å². The molecule has 1 N–H and O–H groups in total. The van der Waals surface area contributed by atoms with E-state index >= 15 is 0 Å². The van der Waals surface area contributed by atoms with Crippen molar-refractivity contribution in [3.05, 3.63) is 75.5 Å². The monoisotopic (exact) mass is 492 g/mol. The van der Waals surface area contributed by atoms with E-state index in [-0.39, 0.29) is 5.91 Å². The minimum atomic E-state index is -0.0981. The number of halogens is 1. The molecule has 1 amide bonds. The molecule has 0 saturated carbocycles. The molecule has 3 aromatic heterocycles. The van der Waals surface area contributed by atoms with Gasteiger partial charge in [-0.2, -0.15) is 0 Å². The van der Waals surface area contributed by atoms with Crippen LogP contribution in [0.15, 0.2) is 48.7 Å². The lowest BCUT2D eigenvalue weighted by Crippen LogP contribution is -2.47. The van der Waals surface area contributed by atoms with Gasteiger partial charge in [0, 0.05) is 43.9 Å². The minimum absolute atomic E-state index is 0.0981. The van der Waals surface area contributed by atoms with Crippen molar-refractivity contribution in [2.75, 3.05) is 36.0 Å². The Hall–Kier alpha value is -3.23. The number of rotatable bonds is 5. The number of thiophene rings is 1. The van der Waals surface area contributed by atoms with Crippen molar-refractivity contribution >= 4 is 50.7 Å². The second kappa shape index (κ2) is 9.56. The summed E-state index contributed by atoms with van der Waals surface area (Å²) in [5, 5.41) is 4.68. The van der Waals surface area contributed by atoms with E-state index in [9.17, 15) is 4.79 Å². The average Bonchev–Trinajstić information content (AvgIpc) is 3.19. The van der Waals surface area contributed by atoms with Gasteiger partial charge in [-0.1, -0.05) is 29.8 Å². The standard InChI is InChI=1S/C25H25ClN6OS/c1-16-21-23(32-13-11-31(12-14-32)20-5-3-4-10-27-20)29-17(2)30-25(21)34-22(16)24(33)28-15-18-6-8-19(26)9-7-18/h3-10H,11-15H2,1-2H3,(H,28,33). The molecule has 0 spiro atoms. The van der Waals surface area contributed by atoms with Crippen molar-refractivity contribution < 1.29 is 4.79 Å². The van der Waals surface area contributed by atoms with Crippen molar-refractivity contribution in [3.8, 4) is 0 Å². The van der Waals surface area contributed by atoms with E-state index in [0.717, 1.165) is 59.2 Å². The Bertz CT molecular complexity index is 1320. The number of hydrogen-bond donors (Lipinski definition) is 1. The van der Waals surface area contributed by atoms with E-state index in [2.05, 4.69) is 25.1 Å². The van der Waals surface area contributed by atoms with Crippen LogP contribution in [0.4, 0.5) is 11.6 Å². The molecule has 9 heteroatoms. The van der Waals surface area contributed by atoms with Crippen LogP contribution in [0.5, 0.6) is 0 Å². The number of anilines is 2. The maximum atomic E-state index is 13.0. The van der Waals surface area contributed by atoms with Crippen molar-refractivity contribution in [3.63, 3.8) is 0 Å². The number of nitrogens with one attached hydrogen (secondary N) is 1. The molecule has 1 fully saturated rings. The molecule has 1 aromatic carbocycles. The van der Waals surface area contributed by atoms with Crippen LogP contribution in [0.1, 0.15) is 26.6 Å². The van der Waals surface area contributed by atoms with Gasteiger partial charge >= 0.3 is 0 Å². The number of benzene rings is 1. The van der Waals surface area contributed by atoms with Crippen molar-refractivity contribution in [1.82, 2.24) is 20.3 Å². The third kappa shape index (κ3) is 4.56. The predicted octanol–water partition coefficient (Wildman–Crippen LogP) is 4.61. The average molecular weight is 493 g/mol. The van der Waals surface area contributed by atoms with E-state index in [0.29, 0.717) is 22.3 Å². The normalized spacial score (nSPS) is 14.0. The lowest BCUT2D eigenvalue weighted by atomic mass is 10.1. The number of aromatic nitrogens is 3. The van der Waals surface area contributed by atoms with Gasteiger partial charge in [0.25, 0.3) is 5.91 Å². The summed E-state index contributed by atoms with van der Waals surface area (Å²) in [7, 11) is 0. The fourth-order valence-electron chi connectivity index (χ4n) is 4.22. The van der Waals surface area contributed by atoms with Gasteiger partial charge < -0.3 is 15.1 Å². The molecule has 4 heterocycles. The second-order valence-electron chi connectivity index (χ2n) is 8.30. The maximum absolute atomic E-state index is 13.0. The molecule has 0 radical (unpaired) electrons. The summed E-state index contributed by atoms with van der Waals surface area (Å²) in [6.45, 7) is 7.71. The number of amides is 1. The second-order valence-corrected chi connectivity index (χ2v) is 9.74. The molecule has 34 heavy (non-hydrogen) atoms. The summed E-state index contributed by atoms with van der Waals surface area (Å²) in [6, 6.07) is 13.5. The smallest absolute Gasteiger partial charge is 0.261 e. The molecule has 0 bridgehead atoms. The molecule has 1 aliphatic rings. The van der Waals surface area contributed by atoms with Gasteiger partial charge in [0.05, 0.1) is 10.3 Å². The molecule has 0 atom stereocenters. The Balaban J connectivity index is 1.37. The summed E-state index contributed by atoms with van der Waals surface area (Å²) in [6.07, 6.45) is 1.83. The molecule has 174 valence electrons. The SMILES string of the molecule is Cc1nc(N2CCN(c3ccccn3)CC2)c2c(C)c(C(=O)NCc3ccc(Cl)cc3)sc2n1. The first kappa shape index (κ1) is 22.6. The van der Waals surface area contributed by atoms with Gasteiger partial charge in [0.15, 0.2) is 0 Å². The van der Waals surface area contributed by atoms with Gasteiger partial charge in [-0.25, -0.2) is 15.0 Å². The number of aryl methyl sites for hydroxylation is 2. The van der Waals surface area contributed by atoms with Crippen molar-refractivity contribution in [2.24, 2.45) is 0 Å². The lowest BCUT2D eigenvalue weighted by Gasteiger charge is -2.36. The van der Waals surface area contributed by atoms with Crippen LogP contribution in [-0.2, 0) is 6.54 Å². The van der Waals surface area contributed by atoms with Gasteiger partial charge in [-0.05, 0) is 49.2 Å². The summed E-state index contributed by atoms with van der Waals surface area (Å²) in [5.74, 6) is 2.52. The zero-order chi connectivity index (χ0) is 23.7. The molecular formula is C25H25ClN6OS. The van der Waals surface area contributed by atoms with Crippen LogP contribution in [0.25, 0.3) is 10.2 Å². The highest BCUT2D eigenvalue weighted by Gasteiger charge is 2.25. The molecule has 4 aromatic rings. The number of pyridine rings is 1. The lowest BCUT2D eigenvalue weighted by molar-refractivity contribution is 0.0954. The summed E-state index contributed by atoms with van der Waals surface area (Å²) < 4.78 is 0. The highest BCUT2D eigenvalue weighted by molar-refractivity contribution is 7.20. The fourth-order valence-corrected chi connectivity index (χ4v) is 5.48. The van der Waals surface area contributed by atoms with Crippen LogP contribution in [0.2, 0.25) is 5.02 Å². The number of fused-ring (bicyclic) bond motifs is 1. The van der Waals surface area contributed by atoms with Crippen LogP contribution >= 0.6 is 22.9 Å². The third-order valence-electron chi connectivity index (χ3n) is 6.01. The van der Waals surface area contributed by atoms with Gasteiger partial charge in [0.1, 0.15) is 22.3 Å². The summed E-state index contributed by atoms with van der Waals surface area (Å²) in [4.78, 5) is 33.1.